The molecular weight excluding hydrogens is 446 g/mol. The summed E-state index contributed by atoms with van der Waals surface area (Å²) in [5, 5.41) is 8.62. The molecule has 0 aliphatic carbocycles. The number of amides is 2. The van der Waals surface area contributed by atoms with Gasteiger partial charge in [-0.1, -0.05) is 12.1 Å². The number of furan rings is 1. The van der Waals surface area contributed by atoms with Crippen molar-refractivity contribution in [3.05, 3.63) is 41.8 Å². The Bertz CT molecular complexity index is 1260. The summed E-state index contributed by atoms with van der Waals surface area (Å²) < 4.78 is 27.5. The molecule has 172 valence electrons. The number of rotatable bonds is 8. The molecule has 0 fully saturated rings. The number of thiazole rings is 1. The number of nitrogens with zero attached hydrogens (tertiary/aromatic N) is 1. The van der Waals surface area contributed by atoms with Gasteiger partial charge in [0.25, 0.3) is 0 Å². The van der Waals surface area contributed by atoms with Crippen LogP contribution in [0, 0.1) is 0 Å². The molecule has 10 heteroatoms. The summed E-state index contributed by atoms with van der Waals surface area (Å²) in [4.78, 5) is 17.0. The van der Waals surface area contributed by atoms with Crippen LogP contribution in [0.15, 0.2) is 46.2 Å². The number of benzene rings is 2. The van der Waals surface area contributed by atoms with Gasteiger partial charge in [0.2, 0.25) is 5.75 Å². The maximum Gasteiger partial charge on any atom is 0.325 e. The molecule has 0 aliphatic rings. The van der Waals surface area contributed by atoms with Gasteiger partial charge < -0.3 is 28.7 Å². The number of fused-ring (bicyclic) bond motifs is 1. The van der Waals surface area contributed by atoms with Gasteiger partial charge in [0.15, 0.2) is 33.7 Å². The molecule has 4 aromatic rings. The number of anilines is 2. The summed E-state index contributed by atoms with van der Waals surface area (Å²) in [6.45, 7) is 2.46. The number of ether oxygens (including phenoxy) is 4. The number of hydrogen-bond donors (Lipinski definition) is 2. The Balaban J connectivity index is 1.50. The second-order valence-corrected chi connectivity index (χ2v) is 7.61. The van der Waals surface area contributed by atoms with E-state index in [2.05, 4.69) is 15.6 Å². The third-order valence-corrected chi connectivity index (χ3v) is 5.47. The first-order valence-electron chi connectivity index (χ1n) is 10.1. The molecule has 2 aromatic heterocycles. The van der Waals surface area contributed by atoms with Gasteiger partial charge >= 0.3 is 6.03 Å². The van der Waals surface area contributed by atoms with Crippen molar-refractivity contribution in [3.8, 4) is 34.5 Å². The molecule has 0 saturated carbocycles. The van der Waals surface area contributed by atoms with E-state index >= 15 is 0 Å². The molecule has 0 unspecified atom stereocenters. The van der Waals surface area contributed by atoms with Gasteiger partial charge in [-0.15, -0.1) is 11.3 Å². The lowest BCUT2D eigenvalue weighted by atomic mass is 10.2. The standard InChI is InChI=1S/C23H23N3O6S/c1-5-31-16-8-6-7-13-9-17(32-20(13)16)15-12-33-23(25-15)26-22(27)24-14-10-18(28-2)21(30-4)19(11-14)29-3/h6-12H,5H2,1-4H3,(H2,24,25,26,27). The fourth-order valence-corrected chi connectivity index (χ4v) is 3.98. The number of hydrogen-bond acceptors (Lipinski definition) is 8. The van der Waals surface area contributed by atoms with E-state index in [4.69, 9.17) is 23.4 Å². The summed E-state index contributed by atoms with van der Waals surface area (Å²) in [5.41, 5.74) is 1.75. The van der Waals surface area contributed by atoms with Crippen LogP contribution in [-0.2, 0) is 0 Å². The molecule has 9 nitrogen and oxygen atoms in total. The highest BCUT2D eigenvalue weighted by molar-refractivity contribution is 7.14. The average molecular weight is 470 g/mol. The van der Waals surface area contributed by atoms with Crippen LogP contribution in [0.2, 0.25) is 0 Å². The number of carbonyl (C=O) groups excluding carboxylic acids is 1. The van der Waals surface area contributed by atoms with Gasteiger partial charge in [-0.2, -0.15) is 0 Å². The molecule has 2 amide bonds. The van der Waals surface area contributed by atoms with E-state index in [0.29, 0.717) is 57.5 Å². The predicted octanol–water partition coefficient (Wildman–Crippen LogP) is 5.62. The van der Waals surface area contributed by atoms with Gasteiger partial charge in [0.05, 0.1) is 33.6 Å². The SMILES string of the molecule is CCOc1cccc2cc(-c3csc(NC(=O)Nc4cc(OC)c(OC)c(OC)c4)n3)oc12. The third-order valence-electron chi connectivity index (χ3n) is 4.71. The van der Waals surface area contributed by atoms with Gasteiger partial charge in [0, 0.05) is 22.9 Å². The molecule has 0 bridgehead atoms. The predicted molar refractivity (Wildman–Crippen MR) is 127 cm³/mol. The van der Waals surface area contributed by atoms with Crippen LogP contribution in [0.1, 0.15) is 6.92 Å². The van der Waals surface area contributed by atoms with E-state index in [1.54, 1.807) is 12.1 Å². The number of urea groups is 1. The van der Waals surface area contributed by atoms with Gasteiger partial charge in [-0.05, 0) is 19.1 Å². The van der Waals surface area contributed by atoms with Crippen molar-refractivity contribution in [2.24, 2.45) is 0 Å². The molecule has 0 spiro atoms. The Kier molecular flexibility index (Phi) is 6.55. The highest BCUT2D eigenvalue weighted by Gasteiger charge is 2.16. The van der Waals surface area contributed by atoms with E-state index in [-0.39, 0.29) is 0 Å². The number of para-hydroxylation sites is 1. The smallest absolute Gasteiger partial charge is 0.325 e. The Morgan fingerprint density at radius 1 is 1.03 bits per heavy atom. The highest BCUT2D eigenvalue weighted by Crippen LogP contribution is 2.40. The number of nitrogens with one attached hydrogen (secondary N) is 2. The molecule has 0 saturated heterocycles. The summed E-state index contributed by atoms with van der Waals surface area (Å²) in [7, 11) is 4.53. The Hall–Kier alpha value is -3.92. The van der Waals surface area contributed by atoms with Crippen molar-refractivity contribution in [1.82, 2.24) is 4.98 Å². The first-order chi connectivity index (χ1) is 16.1. The number of carbonyl (C=O) groups is 1. The van der Waals surface area contributed by atoms with Crippen LogP contribution in [0.4, 0.5) is 15.6 Å². The van der Waals surface area contributed by atoms with Crippen molar-refractivity contribution in [2.75, 3.05) is 38.6 Å². The van der Waals surface area contributed by atoms with Crippen molar-refractivity contribution >= 4 is 39.2 Å². The van der Waals surface area contributed by atoms with Crippen molar-refractivity contribution < 1.29 is 28.2 Å². The molecule has 4 rings (SSSR count). The van der Waals surface area contributed by atoms with Crippen LogP contribution < -0.4 is 29.6 Å². The zero-order valence-electron chi connectivity index (χ0n) is 18.6. The number of aromatic nitrogens is 1. The summed E-state index contributed by atoms with van der Waals surface area (Å²) >= 11 is 1.29. The fourth-order valence-electron chi connectivity index (χ4n) is 3.29. The van der Waals surface area contributed by atoms with Crippen LogP contribution in [0.3, 0.4) is 0 Å². The molecule has 0 radical (unpaired) electrons. The van der Waals surface area contributed by atoms with Gasteiger partial charge in [-0.25, -0.2) is 9.78 Å². The fraction of sp³-hybridized carbons (Fsp3) is 0.217. The van der Waals surface area contributed by atoms with Gasteiger partial charge in [-0.3, -0.25) is 5.32 Å². The van der Waals surface area contributed by atoms with E-state index in [9.17, 15) is 4.79 Å². The molecule has 33 heavy (non-hydrogen) atoms. The first-order valence-corrected chi connectivity index (χ1v) is 10.9. The summed E-state index contributed by atoms with van der Waals surface area (Å²) in [6.07, 6.45) is 0. The molecule has 2 N–H and O–H groups in total. The van der Waals surface area contributed by atoms with Crippen molar-refractivity contribution in [1.29, 1.82) is 0 Å². The summed E-state index contributed by atoms with van der Waals surface area (Å²) in [6, 6.07) is 10.4. The first kappa shape index (κ1) is 22.3. The van der Waals surface area contributed by atoms with E-state index in [1.165, 1.54) is 32.7 Å². The maximum absolute atomic E-state index is 12.5. The lowest BCUT2D eigenvalue weighted by molar-refractivity contribution is 0.262. The average Bonchev–Trinajstić information content (AvgIpc) is 3.46. The molecule has 2 heterocycles. The van der Waals surface area contributed by atoms with Crippen LogP contribution in [0.5, 0.6) is 23.0 Å². The highest BCUT2D eigenvalue weighted by atomic mass is 32.1. The monoisotopic (exact) mass is 469 g/mol. The third kappa shape index (κ3) is 4.65. The quantitative estimate of drug-likeness (QED) is 0.345. The van der Waals surface area contributed by atoms with Crippen molar-refractivity contribution in [2.45, 2.75) is 6.92 Å². The molecule has 0 aliphatic heterocycles. The van der Waals surface area contributed by atoms with Crippen LogP contribution in [0.25, 0.3) is 22.4 Å². The zero-order valence-corrected chi connectivity index (χ0v) is 19.4. The van der Waals surface area contributed by atoms with E-state index in [0.717, 1.165) is 5.39 Å². The lowest BCUT2D eigenvalue weighted by Gasteiger charge is -2.14. The Labute approximate surface area is 194 Å². The summed E-state index contributed by atoms with van der Waals surface area (Å²) in [5.74, 6) is 2.57. The normalized spacial score (nSPS) is 10.7. The second kappa shape index (κ2) is 9.70. The molecule has 0 atom stereocenters. The minimum atomic E-state index is -0.464. The minimum Gasteiger partial charge on any atom is -0.493 e. The van der Waals surface area contributed by atoms with Crippen LogP contribution >= 0.6 is 11.3 Å². The molecule has 2 aromatic carbocycles. The molecular formula is C23H23N3O6S. The van der Waals surface area contributed by atoms with Crippen LogP contribution in [-0.4, -0.2) is 39.0 Å². The van der Waals surface area contributed by atoms with Crippen molar-refractivity contribution in [3.63, 3.8) is 0 Å². The van der Waals surface area contributed by atoms with Gasteiger partial charge in [0.1, 0.15) is 5.69 Å². The van der Waals surface area contributed by atoms with E-state index < -0.39 is 6.03 Å². The second-order valence-electron chi connectivity index (χ2n) is 6.75. The zero-order chi connectivity index (χ0) is 23.4. The Morgan fingerprint density at radius 2 is 1.79 bits per heavy atom. The minimum absolute atomic E-state index is 0.417. The number of methoxy groups -OCH3 is 3. The maximum atomic E-state index is 12.5. The topological polar surface area (TPSA) is 104 Å². The Morgan fingerprint density at radius 3 is 2.45 bits per heavy atom. The lowest BCUT2D eigenvalue weighted by Crippen LogP contribution is -2.19. The largest absolute Gasteiger partial charge is 0.493 e. The van der Waals surface area contributed by atoms with E-state index in [1.807, 2.05) is 36.6 Å².